The number of nitrogens with one attached hydrogen (secondary N) is 1. The first-order valence-corrected chi connectivity index (χ1v) is 11.8. The van der Waals surface area contributed by atoms with E-state index >= 15 is 0 Å². The number of para-hydroxylation sites is 1. The number of hydrogen-bond donors (Lipinski definition) is 1. The van der Waals surface area contributed by atoms with E-state index in [4.69, 9.17) is 4.74 Å². The number of amides is 2. The predicted octanol–water partition coefficient (Wildman–Crippen LogP) is 5.06. The van der Waals surface area contributed by atoms with Gasteiger partial charge in [0, 0.05) is 12.6 Å². The quantitative estimate of drug-likeness (QED) is 0.567. The van der Waals surface area contributed by atoms with Crippen LogP contribution in [0.15, 0.2) is 54.6 Å². The molecule has 3 rings (SSSR count). The lowest BCUT2D eigenvalue weighted by Crippen LogP contribution is -2.52. The van der Waals surface area contributed by atoms with Gasteiger partial charge in [0.05, 0.1) is 0 Å². The Morgan fingerprint density at radius 2 is 1.69 bits per heavy atom. The van der Waals surface area contributed by atoms with E-state index in [1.165, 1.54) is 0 Å². The second-order valence-corrected chi connectivity index (χ2v) is 8.90. The Labute approximate surface area is 192 Å². The summed E-state index contributed by atoms with van der Waals surface area (Å²) in [7, 11) is 0. The van der Waals surface area contributed by atoms with Gasteiger partial charge in [0.25, 0.3) is 5.91 Å². The van der Waals surface area contributed by atoms with Crippen molar-refractivity contribution in [3.05, 3.63) is 65.7 Å². The van der Waals surface area contributed by atoms with Crippen molar-refractivity contribution in [2.75, 3.05) is 6.61 Å². The van der Waals surface area contributed by atoms with Gasteiger partial charge in [-0.3, -0.25) is 9.59 Å². The summed E-state index contributed by atoms with van der Waals surface area (Å²) in [5.41, 5.74) is 2.07. The van der Waals surface area contributed by atoms with Crippen molar-refractivity contribution in [3.8, 4) is 5.75 Å². The molecule has 32 heavy (non-hydrogen) atoms. The number of hydrogen-bond acceptors (Lipinski definition) is 3. The van der Waals surface area contributed by atoms with E-state index in [1.54, 1.807) is 4.90 Å². The highest BCUT2D eigenvalue weighted by Crippen LogP contribution is 2.26. The van der Waals surface area contributed by atoms with Gasteiger partial charge in [-0.1, -0.05) is 82.1 Å². The van der Waals surface area contributed by atoms with E-state index in [9.17, 15) is 9.59 Å². The Bertz CT molecular complexity index is 875. The molecule has 0 unspecified atom stereocenters. The molecule has 0 aliphatic heterocycles. The van der Waals surface area contributed by atoms with Crippen LogP contribution in [0, 0.1) is 0 Å². The summed E-state index contributed by atoms with van der Waals surface area (Å²) < 4.78 is 5.96. The Kier molecular flexibility index (Phi) is 8.72. The van der Waals surface area contributed by atoms with Crippen molar-refractivity contribution in [3.63, 3.8) is 0 Å². The predicted molar refractivity (Wildman–Crippen MR) is 127 cm³/mol. The molecule has 2 amide bonds. The molecule has 1 aliphatic carbocycles. The molecule has 172 valence electrons. The number of rotatable bonds is 10. The molecule has 5 heteroatoms. The highest BCUT2D eigenvalue weighted by Gasteiger charge is 2.31. The minimum Gasteiger partial charge on any atom is -0.483 e. The van der Waals surface area contributed by atoms with Crippen molar-refractivity contribution in [2.45, 2.75) is 77.4 Å². The average molecular weight is 437 g/mol. The number of carbonyl (C=O) groups is 2. The van der Waals surface area contributed by atoms with Gasteiger partial charge < -0.3 is 15.0 Å². The molecule has 0 aromatic heterocycles. The lowest BCUT2D eigenvalue weighted by atomic mass is 10.0. The van der Waals surface area contributed by atoms with Crippen LogP contribution in [0.4, 0.5) is 0 Å². The smallest absolute Gasteiger partial charge is 0.261 e. The second kappa shape index (κ2) is 11.7. The van der Waals surface area contributed by atoms with Crippen LogP contribution < -0.4 is 10.1 Å². The summed E-state index contributed by atoms with van der Waals surface area (Å²) in [6.07, 6.45) is 4.89. The number of nitrogens with zero attached hydrogens (tertiary/aromatic N) is 1. The van der Waals surface area contributed by atoms with Crippen LogP contribution in [0.2, 0.25) is 0 Å². The van der Waals surface area contributed by atoms with E-state index in [-0.39, 0.29) is 24.5 Å². The summed E-state index contributed by atoms with van der Waals surface area (Å²) in [6, 6.07) is 17.3. The number of benzene rings is 2. The lowest BCUT2D eigenvalue weighted by molar-refractivity contribution is -0.143. The molecule has 0 spiro atoms. The monoisotopic (exact) mass is 436 g/mol. The Balaban J connectivity index is 1.76. The van der Waals surface area contributed by atoms with Crippen LogP contribution in [0.25, 0.3) is 0 Å². The van der Waals surface area contributed by atoms with Gasteiger partial charge in [-0.05, 0) is 42.4 Å². The molecule has 0 heterocycles. The largest absolute Gasteiger partial charge is 0.483 e. The zero-order valence-electron chi connectivity index (χ0n) is 19.5. The molecular weight excluding hydrogens is 400 g/mol. The van der Waals surface area contributed by atoms with Gasteiger partial charge in [-0.15, -0.1) is 0 Å². The first-order valence-electron chi connectivity index (χ1n) is 11.8. The molecule has 5 nitrogen and oxygen atoms in total. The Morgan fingerprint density at radius 1 is 1.03 bits per heavy atom. The summed E-state index contributed by atoms with van der Waals surface area (Å²) in [5.74, 6) is 0.772. The van der Waals surface area contributed by atoms with Crippen LogP contribution in [-0.4, -0.2) is 35.4 Å². The third kappa shape index (κ3) is 6.35. The highest BCUT2D eigenvalue weighted by atomic mass is 16.5. The fourth-order valence-corrected chi connectivity index (χ4v) is 4.38. The zero-order valence-corrected chi connectivity index (χ0v) is 19.5. The summed E-state index contributed by atoms with van der Waals surface area (Å²) in [6.45, 7) is 6.45. The minimum atomic E-state index is -0.521. The summed E-state index contributed by atoms with van der Waals surface area (Å²) in [4.78, 5) is 28.2. The fourth-order valence-electron chi connectivity index (χ4n) is 4.38. The van der Waals surface area contributed by atoms with Crippen molar-refractivity contribution < 1.29 is 14.3 Å². The van der Waals surface area contributed by atoms with E-state index < -0.39 is 6.04 Å². The van der Waals surface area contributed by atoms with Gasteiger partial charge in [0.2, 0.25) is 5.91 Å². The SMILES string of the molecule is CC[C@H](C(=O)NC1CCCC1)N(Cc1ccccc1)C(=O)COc1ccccc1C(C)C. The molecule has 0 saturated heterocycles. The summed E-state index contributed by atoms with van der Waals surface area (Å²) >= 11 is 0. The van der Waals surface area contributed by atoms with Crippen LogP contribution in [0.5, 0.6) is 5.75 Å². The van der Waals surface area contributed by atoms with Crippen LogP contribution >= 0.6 is 0 Å². The van der Waals surface area contributed by atoms with E-state index in [0.717, 1.165) is 42.6 Å². The molecule has 1 atom stereocenters. The molecule has 2 aromatic rings. The molecule has 1 N–H and O–H groups in total. The molecule has 1 aliphatic rings. The fraction of sp³-hybridized carbons (Fsp3) is 0.481. The minimum absolute atomic E-state index is 0.0636. The standard InChI is InChI=1S/C27H36N2O3/c1-4-24(27(31)28-22-14-8-9-15-22)29(18-21-12-6-5-7-13-21)26(30)19-32-25-17-11-10-16-23(25)20(2)3/h5-7,10-13,16-17,20,22,24H,4,8-9,14-15,18-19H2,1-3H3,(H,28,31)/t24-/m1/s1. The van der Waals surface area contributed by atoms with Gasteiger partial charge >= 0.3 is 0 Å². The van der Waals surface area contributed by atoms with Gasteiger partial charge in [-0.2, -0.15) is 0 Å². The van der Waals surface area contributed by atoms with Gasteiger partial charge in [0.15, 0.2) is 6.61 Å². The second-order valence-electron chi connectivity index (χ2n) is 8.90. The van der Waals surface area contributed by atoms with Crippen LogP contribution in [0.3, 0.4) is 0 Å². The van der Waals surface area contributed by atoms with E-state index in [1.807, 2.05) is 61.5 Å². The molecule has 1 fully saturated rings. The third-order valence-electron chi connectivity index (χ3n) is 6.18. The van der Waals surface area contributed by atoms with Gasteiger partial charge in [0.1, 0.15) is 11.8 Å². The third-order valence-corrected chi connectivity index (χ3v) is 6.18. The first-order chi connectivity index (χ1) is 15.5. The Morgan fingerprint density at radius 3 is 2.34 bits per heavy atom. The van der Waals surface area contributed by atoms with Crippen molar-refractivity contribution in [2.24, 2.45) is 0 Å². The molecule has 2 aromatic carbocycles. The van der Waals surface area contributed by atoms with Crippen molar-refractivity contribution in [1.82, 2.24) is 10.2 Å². The maximum Gasteiger partial charge on any atom is 0.261 e. The Hall–Kier alpha value is -2.82. The average Bonchev–Trinajstić information content (AvgIpc) is 3.31. The van der Waals surface area contributed by atoms with Crippen molar-refractivity contribution >= 4 is 11.8 Å². The summed E-state index contributed by atoms with van der Waals surface area (Å²) in [5, 5.41) is 3.18. The maximum absolute atomic E-state index is 13.4. The van der Waals surface area contributed by atoms with E-state index in [0.29, 0.717) is 18.9 Å². The van der Waals surface area contributed by atoms with Crippen molar-refractivity contribution in [1.29, 1.82) is 0 Å². The molecule has 0 radical (unpaired) electrons. The van der Waals surface area contributed by atoms with Crippen LogP contribution in [0.1, 0.15) is 69.9 Å². The lowest BCUT2D eigenvalue weighted by Gasteiger charge is -2.31. The number of carbonyl (C=O) groups excluding carboxylic acids is 2. The van der Waals surface area contributed by atoms with Gasteiger partial charge in [-0.25, -0.2) is 0 Å². The van der Waals surface area contributed by atoms with Crippen LogP contribution in [-0.2, 0) is 16.1 Å². The zero-order chi connectivity index (χ0) is 22.9. The normalized spacial score (nSPS) is 14.9. The molecule has 0 bridgehead atoms. The number of ether oxygens (including phenoxy) is 1. The topological polar surface area (TPSA) is 58.6 Å². The van der Waals surface area contributed by atoms with E-state index in [2.05, 4.69) is 19.2 Å². The molecule has 1 saturated carbocycles. The highest BCUT2D eigenvalue weighted by molar-refractivity contribution is 5.88. The molecular formula is C27H36N2O3. The maximum atomic E-state index is 13.4. The first kappa shape index (κ1) is 23.8.